The van der Waals surface area contributed by atoms with Crippen LogP contribution >= 0.6 is 0 Å². The summed E-state index contributed by atoms with van der Waals surface area (Å²) in [5, 5.41) is 4.19. The van der Waals surface area contributed by atoms with Gasteiger partial charge in [-0.1, -0.05) is 12.1 Å². The normalized spacial score (nSPS) is 21.3. The summed E-state index contributed by atoms with van der Waals surface area (Å²) in [6.07, 6.45) is 4.26. The second kappa shape index (κ2) is 7.41. The highest BCUT2D eigenvalue weighted by Crippen LogP contribution is 2.22. The van der Waals surface area contributed by atoms with E-state index in [1.165, 1.54) is 6.07 Å². The molecule has 1 amide bonds. The second-order valence-electron chi connectivity index (χ2n) is 6.87. The Hall–Kier alpha value is -2.48. The third-order valence-corrected chi connectivity index (χ3v) is 5.24. The van der Waals surface area contributed by atoms with Gasteiger partial charge in [0.25, 0.3) is 0 Å². The van der Waals surface area contributed by atoms with E-state index in [4.69, 9.17) is 0 Å². The number of carbonyl (C=O) groups is 1. The summed E-state index contributed by atoms with van der Waals surface area (Å²) in [5.74, 6) is -0.0547. The minimum Gasteiger partial charge on any atom is -0.366 e. The zero-order valence-electron chi connectivity index (χ0n) is 14.7. The van der Waals surface area contributed by atoms with Crippen LogP contribution in [0.3, 0.4) is 0 Å². The molecule has 8 heteroatoms. The van der Waals surface area contributed by atoms with Crippen molar-refractivity contribution in [2.45, 2.75) is 12.5 Å². The van der Waals surface area contributed by atoms with Crippen molar-refractivity contribution in [1.82, 2.24) is 24.6 Å². The fourth-order valence-electron chi connectivity index (χ4n) is 3.77. The molecule has 2 aromatic rings. The topological polar surface area (TPSA) is 57.5 Å². The zero-order chi connectivity index (χ0) is 17.9. The SMILES string of the molecule is O=C(CN1CCC(n2cncn2)C1)N1CCN(c2ccccc2F)CC1. The van der Waals surface area contributed by atoms with Gasteiger partial charge in [-0.25, -0.2) is 14.1 Å². The molecule has 0 N–H and O–H groups in total. The Bertz CT molecular complexity index is 744. The van der Waals surface area contributed by atoms with Crippen molar-refractivity contribution in [2.24, 2.45) is 0 Å². The predicted octanol–water partition coefficient (Wildman–Crippen LogP) is 1.01. The first-order chi connectivity index (χ1) is 12.7. The van der Waals surface area contributed by atoms with Crippen molar-refractivity contribution in [1.29, 1.82) is 0 Å². The molecule has 7 nitrogen and oxygen atoms in total. The van der Waals surface area contributed by atoms with Gasteiger partial charge in [0, 0.05) is 39.3 Å². The molecule has 26 heavy (non-hydrogen) atoms. The van der Waals surface area contributed by atoms with E-state index in [1.807, 2.05) is 20.5 Å². The molecule has 2 aliphatic rings. The van der Waals surface area contributed by atoms with Crippen molar-refractivity contribution < 1.29 is 9.18 Å². The lowest BCUT2D eigenvalue weighted by atomic mass is 10.2. The fraction of sp³-hybridized carbons (Fsp3) is 0.500. The van der Waals surface area contributed by atoms with Crippen LogP contribution in [0.1, 0.15) is 12.5 Å². The van der Waals surface area contributed by atoms with Gasteiger partial charge in [0.2, 0.25) is 5.91 Å². The minimum atomic E-state index is -0.205. The molecule has 138 valence electrons. The van der Waals surface area contributed by atoms with E-state index in [0.717, 1.165) is 19.5 Å². The van der Waals surface area contributed by atoms with E-state index in [2.05, 4.69) is 15.0 Å². The highest BCUT2D eigenvalue weighted by molar-refractivity contribution is 5.78. The number of halogens is 1. The summed E-state index contributed by atoms with van der Waals surface area (Å²) < 4.78 is 15.8. The number of para-hydroxylation sites is 1. The molecule has 1 aromatic heterocycles. The largest absolute Gasteiger partial charge is 0.366 e. The van der Waals surface area contributed by atoms with E-state index in [1.54, 1.807) is 24.8 Å². The molecule has 0 aliphatic carbocycles. The number of piperazine rings is 1. The molecular weight excluding hydrogens is 335 g/mol. The maximum atomic E-state index is 13.9. The van der Waals surface area contributed by atoms with Crippen molar-refractivity contribution in [3.8, 4) is 0 Å². The molecule has 1 unspecified atom stereocenters. The number of aromatic nitrogens is 3. The number of carbonyl (C=O) groups excluding carboxylic acids is 1. The van der Waals surface area contributed by atoms with Crippen molar-refractivity contribution >= 4 is 11.6 Å². The first kappa shape index (κ1) is 17.0. The highest BCUT2D eigenvalue weighted by atomic mass is 19.1. The maximum Gasteiger partial charge on any atom is 0.236 e. The second-order valence-corrected chi connectivity index (χ2v) is 6.87. The van der Waals surface area contributed by atoms with Crippen molar-refractivity contribution in [3.63, 3.8) is 0 Å². The van der Waals surface area contributed by atoms with E-state index < -0.39 is 0 Å². The molecule has 2 aliphatic heterocycles. The lowest BCUT2D eigenvalue weighted by Crippen LogP contribution is -2.51. The van der Waals surface area contributed by atoms with Crippen molar-refractivity contribution in [3.05, 3.63) is 42.7 Å². The van der Waals surface area contributed by atoms with Gasteiger partial charge in [-0.15, -0.1) is 0 Å². The lowest BCUT2D eigenvalue weighted by molar-refractivity contribution is -0.132. The van der Waals surface area contributed by atoms with Crippen LogP contribution < -0.4 is 4.90 Å². The molecule has 0 bridgehead atoms. The quantitative estimate of drug-likeness (QED) is 0.817. The summed E-state index contributed by atoms with van der Waals surface area (Å²) in [6.45, 7) is 4.74. The van der Waals surface area contributed by atoms with Gasteiger partial charge in [-0.3, -0.25) is 9.69 Å². The molecule has 1 atom stereocenters. The summed E-state index contributed by atoms with van der Waals surface area (Å²) in [6, 6.07) is 7.10. The molecule has 2 saturated heterocycles. The standard InChI is InChI=1S/C18H23FN6O/c19-16-3-1-2-4-17(16)23-7-9-24(10-8-23)18(26)12-22-6-5-15(11-22)25-14-20-13-21-25/h1-4,13-15H,5-12H2. The number of nitrogens with zero attached hydrogens (tertiary/aromatic N) is 6. The third-order valence-electron chi connectivity index (χ3n) is 5.24. The minimum absolute atomic E-state index is 0.150. The van der Waals surface area contributed by atoms with Gasteiger partial charge in [0.05, 0.1) is 18.3 Å². The number of rotatable bonds is 4. The van der Waals surface area contributed by atoms with Gasteiger partial charge in [0.15, 0.2) is 0 Å². The van der Waals surface area contributed by atoms with Crippen LogP contribution in [0.15, 0.2) is 36.9 Å². The van der Waals surface area contributed by atoms with E-state index in [9.17, 15) is 9.18 Å². The molecule has 0 saturated carbocycles. The smallest absolute Gasteiger partial charge is 0.236 e. The molecule has 0 spiro atoms. The first-order valence-electron chi connectivity index (χ1n) is 9.04. The average Bonchev–Trinajstić information content (AvgIpc) is 3.34. The van der Waals surface area contributed by atoms with Crippen LogP contribution in [-0.4, -0.2) is 76.3 Å². The molecule has 2 fully saturated rings. The summed E-state index contributed by atoms with van der Waals surface area (Å²) >= 11 is 0. The summed E-state index contributed by atoms with van der Waals surface area (Å²) in [5.41, 5.74) is 0.620. The van der Waals surface area contributed by atoms with E-state index in [0.29, 0.717) is 44.5 Å². The molecule has 3 heterocycles. The number of hydrogen-bond donors (Lipinski definition) is 0. The maximum absolute atomic E-state index is 13.9. The average molecular weight is 358 g/mol. The van der Waals surface area contributed by atoms with Gasteiger partial charge in [-0.05, 0) is 18.6 Å². The Kier molecular flexibility index (Phi) is 4.83. The zero-order valence-corrected chi connectivity index (χ0v) is 14.7. The lowest BCUT2D eigenvalue weighted by Gasteiger charge is -2.36. The molecule has 4 rings (SSSR count). The number of benzene rings is 1. The third kappa shape index (κ3) is 3.55. The van der Waals surface area contributed by atoms with Crippen LogP contribution in [0, 0.1) is 5.82 Å². The molecule has 0 radical (unpaired) electrons. The summed E-state index contributed by atoms with van der Waals surface area (Å²) in [7, 11) is 0. The fourth-order valence-corrected chi connectivity index (χ4v) is 3.77. The van der Waals surface area contributed by atoms with Crippen LogP contribution in [-0.2, 0) is 4.79 Å². The highest BCUT2D eigenvalue weighted by Gasteiger charge is 2.28. The number of anilines is 1. The monoisotopic (exact) mass is 358 g/mol. The van der Waals surface area contributed by atoms with Crippen LogP contribution in [0.5, 0.6) is 0 Å². The Balaban J connectivity index is 1.27. The van der Waals surface area contributed by atoms with Gasteiger partial charge >= 0.3 is 0 Å². The molecule has 1 aromatic carbocycles. The number of amides is 1. The number of likely N-dealkylation sites (tertiary alicyclic amines) is 1. The van der Waals surface area contributed by atoms with Crippen molar-refractivity contribution in [2.75, 3.05) is 50.7 Å². The molecular formula is C18H23FN6O. The predicted molar refractivity (Wildman–Crippen MR) is 95.3 cm³/mol. The van der Waals surface area contributed by atoms with Crippen LogP contribution in [0.4, 0.5) is 10.1 Å². The summed E-state index contributed by atoms with van der Waals surface area (Å²) in [4.78, 5) is 22.7. The first-order valence-corrected chi connectivity index (χ1v) is 9.04. The van der Waals surface area contributed by atoms with Gasteiger partial charge < -0.3 is 9.80 Å². The Morgan fingerprint density at radius 3 is 2.69 bits per heavy atom. The Labute approximate surface area is 152 Å². The van der Waals surface area contributed by atoms with Gasteiger partial charge in [0.1, 0.15) is 18.5 Å². The van der Waals surface area contributed by atoms with Crippen LogP contribution in [0.2, 0.25) is 0 Å². The Morgan fingerprint density at radius 2 is 1.96 bits per heavy atom. The van der Waals surface area contributed by atoms with Crippen LogP contribution in [0.25, 0.3) is 0 Å². The van der Waals surface area contributed by atoms with E-state index in [-0.39, 0.29) is 11.7 Å². The van der Waals surface area contributed by atoms with E-state index >= 15 is 0 Å². The Morgan fingerprint density at radius 1 is 1.15 bits per heavy atom. The van der Waals surface area contributed by atoms with Gasteiger partial charge in [-0.2, -0.15) is 5.10 Å². The number of hydrogen-bond acceptors (Lipinski definition) is 5.